The zero-order chi connectivity index (χ0) is 14.3. The van der Waals surface area contributed by atoms with Crippen molar-refractivity contribution in [2.45, 2.75) is 19.7 Å². The van der Waals surface area contributed by atoms with Gasteiger partial charge in [-0.2, -0.15) is 0 Å². The molecular formula is C15H13Cl2N3. The minimum absolute atomic E-state index is 0.321. The van der Waals surface area contributed by atoms with Crippen molar-refractivity contribution in [1.29, 1.82) is 0 Å². The Morgan fingerprint density at radius 1 is 1.20 bits per heavy atom. The van der Waals surface area contributed by atoms with E-state index in [0.29, 0.717) is 10.9 Å². The van der Waals surface area contributed by atoms with Crippen molar-refractivity contribution >= 4 is 34.4 Å². The SMILES string of the molecule is Cc1ccc(-n2c(CCl)nc3cc(Cl)cnc32)c(C)c1. The van der Waals surface area contributed by atoms with Crippen LogP contribution in [0.15, 0.2) is 30.5 Å². The first-order valence-corrected chi connectivity index (χ1v) is 7.18. The van der Waals surface area contributed by atoms with Gasteiger partial charge in [-0.05, 0) is 31.5 Å². The molecule has 102 valence electrons. The van der Waals surface area contributed by atoms with Gasteiger partial charge in [0.05, 0.1) is 16.6 Å². The first kappa shape index (κ1) is 13.4. The van der Waals surface area contributed by atoms with E-state index in [1.165, 1.54) is 5.56 Å². The highest BCUT2D eigenvalue weighted by Gasteiger charge is 2.14. The van der Waals surface area contributed by atoms with Crippen LogP contribution in [0.1, 0.15) is 17.0 Å². The van der Waals surface area contributed by atoms with Gasteiger partial charge in [0.15, 0.2) is 5.65 Å². The Balaban J connectivity index is 2.34. The second-order valence-electron chi connectivity index (χ2n) is 4.78. The summed E-state index contributed by atoms with van der Waals surface area (Å²) in [6, 6.07) is 8.08. The number of imidazole rings is 1. The number of nitrogens with zero attached hydrogens (tertiary/aromatic N) is 3. The van der Waals surface area contributed by atoms with Crippen LogP contribution in [0.2, 0.25) is 5.02 Å². The third-order valence-electron chi connectivity index (χ3n) is 3.25. The summed E-state index contributed by atoms with van der Waals surface area (Å²) in [7, 11) is 0. The Kier molecular flexibility index (Phi) is 3.40. The quantitative estimate of drug-likeness (QED) is 0.656. The molecule has 0 aliphatic rings. The molecule has 3 nitrogen and oxygen atoms in total. The van der Waals surface area contributed by atoms with E-state index in [2.05, 4.69) is 42.0 Å². The van der Waals surface area contributed by atoms with Gasteiger partial charge in [0.1, 0.15) is 11.3 Å². The lowest BCUT2D eigenvalue weighted by Gasteiger charge is -2.11. The number of halogens is 2. The van der Waals surface area contributed by atoms with Gasteiger partial charge < -0.3 is 0 Å². The van der Waals surface area contributed by atoms with Crippen LogP contribution < -0.4 is 0 Å². The van der Waals surface area contributed by atoms with E-state index < -0.39 is 0 Å². The lowest BCUT2D eigenvalue weighted by atomic mass is 10.1. The van der Waals surface area contributed by atoms with Gasteiger partial charge in [-0.1, -0.05) is 29.3 Å². The van der Waals surface area contributed by atoms with Crippen LogP contribution in [0.4, 0.5) is 0 Å². The summed E-state index contributed by atoms with van der Waals surface area (Å²) in [5.41, 5.74) is 4.96. The van der Waals surface area contributed by atoms with Crippen LogP contribution in [0.25, 0.3) is 16.9 Å². The highest BCUT2D eigenvalue weighted by atomic mass is 35.5. The Hall–Kier alpha value is -1.58. The fourth-order valence-electron chi connectivity index (χ4n) is 2.39. The van der Waals surface area contributed by atoms with Crippen molar-refractivity contribution in [3.8, 4) is 5.69 Å². The zero-order valence-corrected chi connectivity index (χ0v) is 12.7. The van der Waals surface area contributed by atoms with E-state index in [1.54, 1.807) is 12.3 Å². The van der Waals surface area contributed by atoms with Gasteiger partial charge in [0.2, 0.25) is 0 Å². The van der Waals surface area contributed by atoms with Gasteiger partial charge in [-0.25, -0.2) is 9.97 Å². The van der Waals surface area contributed by atoms with Crippen LogP contribution in [0.5, 0.6) is 0 Å². The highest BCUT2D eigenvalue weighted by Crippen LogP contribution is 2.25. The second-order valence-corrected chi connectivity index (χ2v) is 5.49. The van der Waals surface area contributed by atoms with Crippen LogP contribution >= 0.6 is 23.2 Å². The smallest absolute Gasteiger partial charge is 0.164 e. The van der Waals surface area contributed by atoms with Gasteiger partial charge >= 0.3 is 0 Å². The van der Waals surface area contributed by atoms with Crippen molar-refractivity contribution in [2.24, 2.45) is 0 Å². The van der Waals surface area contributed by atoms with Gasteiger partial charge in [-0.3, -0.25) is 4.57 Å². The molecule has 0 fully saturated rings. The Labute approximate surface area is 127 Å². The number of hydrogen-bond donors (Lipinski definition) is 0. The molecule has 0 aliphatic heterocycles. The van der Waals surface area contributed by atoms with Crippen molar-refractivity contribution in [3.05, 3.63) is 52.4 Å². The first-order chi connectivity index (χ1) is 9.60. The molecule has 0 radical (unpaired) electrons. The number of aromatic nitrogens is 3. The summed E-state index contributed by atoms with van der Waals surface area (Å²) < 4.78 is 1.99. The topological polar surface area (TPSA) is 30.7 Å². The van der Waals surface area contributed by atoms with E-state index >= 15 is 0 Å². The maximum atomic E-state index is 6.03. The Morgan fingerprint density at radius 2 is 2.00 bits per heavy atom. The van der Waals surface area contributed by atoms with Crippen molar-refractivity contribution < 1.29 is 0 Å². The molecule has 5 heteroatoms. The van der Waals surface area contributed by atoms with Crippen molar-refractivity contribution in [1.82, 2.24) is 14.5 Å². The third kappa shape index (κ3) is 2.17. The number of aryl methyl sites for hydroxylation is 2. The Morgan fingerprint density at radius 3 is 2.70 bits per heavy atom. The largest absolute Gasteiger partial charge is 0.279 e. The maximum Gasteiger partial charge on any atom is 0.164 e. The number of benzene rings is 1. The molecule has 0 unspecified atom stereocenters. The average molecular weight is 306 g/mol. The number of alkyl halides is 1. The lowest BCUT2D eigenvalue weighted by molar-refractivity contribution is 0.959. The summed E-state index contributed by atoms with van der Waals surface area (Å²) in [4.78, 5) is 8.92. The molecule has 2 heterocycles. The first-order valence-electron chi connectivity index (χ1n) is 6.26. The standard InChI is InChI=1S/C15H13Cl2N3/c1-9-3-4-13(10(2)5-9)20-14(7-16)19-12-6-11(17)8-18-15(12)20/h3-6,8H,7H2,1-2H3. The molecule has 2 aromatic heterocycles. The fraction of sp³-hybridized carbons (Fsp3) is 0.200. The minimum atomic E-state index is 0.321. The van der Waals surface area contributed by atoms with Crippen molar-refractivity contribution in [3.63, 3.8) is 0 Å². The second kappa shape index (κ2) is 5.08. The molecule has 1 aromatic carbocycles. The molecule has 0 bridgehead atoms. The summed E-state index contributed by atoms with van der Waals surface area (Å²) in [6.45, 7) is 4.14. The van der Waals surface area contributed by atoms with Crippen molar-refractivity contribution in [2.75, 3.05) is 0 Å². The number of pyridine rings is 1. The average Bonchev–Trinajstić information content (AvgIpc) is 2.76. The normalized spacial score (nSPS) is 11.2. The molecule has 0 N–H and O–H groups in total. The zero-order valence-electron chi connectivity index (χ0n) is 11.2. The molecule has 0 atom stereocenters. The molecular weight excluding hydrogens is 293 g/mol. The van der Waals surface area contributed by atoms with E-state index in [9.17, 15) is 0 Å². The van der Waals surface area contributed by atoms with E-state index in [1.807, 2.05) is 4.57 Å². The van der Waals surface area contributed by atoms with E-state index in [4.69, 9.17) is 23.2 Å². The molecule has 20 heavy (non-hydrogen) atoms. The van der Waals surface area contributed by atoms with E-state index in [0.717, 1.165) is 28.2 Å². The maximum absolute atomic E-state index is 6.03. The Bertz CT molecular complexity index is 793. The molecule has 0 aliphatic carbocycles. The predicted octanol–water partition coefficient (Wildman–Crippen LogP) is 4.43. The summed E-state index contributed by atoms with van der Waals surface area (Å²) in [5, 5.41) is 0.573. The molecule has 0 saturated heterocycles. The molecule has 0 spiro atoms. The minimum Gasteiger partial charge on any atom is -0.279 e. The van der Waals surface area contributed by atoms with Crippen LogP contribution in [0, 0.1) is 13.8 Å². The third-order valence-corrected chi connectivity index (χ3v) is 3.69. The molecule has 3 aromatic rings. The molecule has 3 rings (SSSR count). The fourth-order valence-corrected chi connectivity index (χ4v) is 2.72. The van der Waals surface area contributed by atoms with Gasteiger partial charge in [-0.15, -0.1) is 11.6 Å². The lowest BCUT2D eigenvalue weighted by Crippen LogP contribution is -2.02. The van der Waals surface area contributed by atoms with Gasteiger partial charge in [0.25, 0.3) is 0 Å². The number of hydrogen-bond acceptors (Lipinski definition) is 2. The number of rotatable bonds is 2. The van der Waals surface area contributed by atoms with Crippen LogP contribution in [-0.2, 0) is 5.88 Å². The van der Waals surface area contributed by atoms with Crippen LogP contribution in [0.3, 0.4) is 0 Å². The summed E-state index contributed by atoms with van der Waals surface area (Å²) >= 11 is 12.0. The van der Waals surface area contributed by atoms with Gasteiger partial charge in [0, 0.05) is 6.20 Å². The summed E-state index contributed by atoms with van der Waals surface area (Å²) in [5.74, 6) is 1.09. The molecule has 0 saturated carbocycles. The van der Waals surface area contributed by atoms with E-state index in [-0.39, 0.29) is 0 Å². The molecule has 0 amide bonds. The highest BCUT2D eigenvalue weighted by molar-refractivity contribution is 6.31. The number of fused-ring (bicyclic) bond motifs is 1. The summed E-state index contributed by atoms with van der Waals surface area (Å²) in [6.07, 6.45) is 1.63. The van der Waals surface area contributed by atoms with Crippen LogP contribution in [-0.4, -0.2) is 14.5 Å². The monoisotopic (exact) mass is 305 g/mol. The predicted molar refractivity (Wildman–Crippen MR) is 82.9 cm³/mol.